The molecule has 1 saturated heterocycles. The lowest BCUT2D eigenvalue weighted by Crippen LogP contribution is -2.49. The first-order valence-corrected chi connectivity index (χ1v) is 6.33. The van der Waals surface area contributed by atoms with Gasteiger partial charge in [-0.25, -0.2) is 4.79 Å². The van der Waals surface area contributed by atoms with Crippen LogP contribution in [0.25, 0.3) is 5.69 Å². The predicted octanol–water partition coefficient (Wildman–Crippen LogP) is -0.283. The van der Waals surface area contributed by atoms with Gasteiger partial charge in [-0.15, -0.1) is 0 Å². The fourth-order valence-corrected chi connectivity index (χ4v) is 2.13. The van der Waals surface area contributed by atoms with E-state index in [0.29, 0.717) is 32.0 Å². The number of aromatic amines is 1. The van der Waals surface area contributed by atoms with Gasteiger partial charge in [0, 0.05) is 25.2 Å². The number of rotatable bonds is 2. The summed E-state index contributed by atoms with van der Waals surface area (Å²) in [6.45, 7) is 1.90. The van der Waals surface area contributed by atoms with Gasteiger partial charge in [-0.05, 0) is 9.95 Å². The van der Waals surface area contributed by atoms with Crippen molar-refractivity contribution >= 4 is 5.91 Å². The average molecular weight is 276 g/mol. The number of amides is 1. The maximum atomic E-state index is 12.4. The van der Waals surface area contributed by atoms with Gasteiger partial charge in [0.1, 0.15) is 0 Å². The predicted molar refractivity (Wildman–Crippen MR) is 67.6 cm³/mol. The molecule has 2 aromatic rings. The number of aromatic nitrogens is 2. The van der Waals surface area contributed by atoms with E-state index >= 15 is 0 Å². The van der Waals surface area contributed by atoms with Crippen LogP contribution in [0.1, 0.15) is 10.5 Å². The second kappa shape index (κ2) is 5.30. The summed E-state index contributed by atoms with van der Waals surface area (Å²) in [5, 5.41) is 2.46. The van der Waals surface area contributed by atoms with Crippen molar-refractivity contribution in [3.8, 4) is 5.69 Å². The van der Waals surface area contributed by atoms with Crippen molar-refractivity contribution in [2.75, 3.05) is 26.3 Å². The molecule has 20 heavy (non-hydrogen) atoms. The van der Waals surface area contributed by atoms with Crippen LogP contribution in [0.2, 0.25) is 0 Å². The van der Waals surface area contributed by atoms with Crippen molar-refractivity contribution in [3.05, 3.63) is 46.4 Å². The Hall–Kier alpha value is -2.41. The molecule has 0 aliphatic carbocycles. The van der Waals surface area contributed by atoms with Crippen LogP contribution in [0.15, 0.2) is 39.6 Å². The fourth-order valence-electron chi connectivity index (χ4n) is 2.13. The van der Waals surface area contributed by atoms with Crippen LogP contribution >= 0.6 is 0 Å². The number of morpholine rings is 1. The molecule has 0 atom stereocenters. The van der Waals surface area contributed by atoms with Gasteiger partial charge in [-0.2, -0.15) is 0 Å². The summed E-state index contributed by atoms with van der Waals surface area (Å²) >= 11 is 0. The molecule has 7 nitrogen and oxygen atoms in total. The zero-order valence-corrected chi connectivity index (χ0v) is 10.7. The molecule has 7 heteroatoms. The molecule has 0 unspecified atom stereocenters. The van der Waals surface area contributed by atoms with Gasteiger partial charge >= 0.3 is 17.2 Å². The van der Waals surface area contributed by atoms with Crippen molar-refractivity contribution in [2.45, 2.75) is 0 Å². The smallest absolute Gasteiger partial charge is 0.378 e. The summed E-state index contributed by atoms with van der Waals surface area (Å²) in [4.78, 5) is 25.8. The Kier molecular flexibility index (Phi) is 3.34. The molecule has 1 aliphatic heterocycles. The van der Waals surface area contributed by atoms with Gasteiger partial charge in [-0.3, -0.25) is 9.32 Å². The first-order chi connectivity index (χ1) is 9.77. The molecule has 0 bridgehead atoms. The van der Waals surface area contributed by atoms with Crippen molar-refractivity contribution < 1.29 is 18.7 Å². The van der Waals surface area contributed by atoms with Gasteiger partial charge in [0.2, 0.25) is 5.69 Å². The van der Waals surface area contributed by atoms with Crippen molar-refractivity contribution in [3.63, 3.8) is 0 Å². The third-order valence-electron chi connectivity index (χ3n) is 3.16. The largest absolute Gasteiger partial charge is 0.441 e. The van der Waals surface area contributed by atoms with E-state index in [1.807, 2.05) is 18.2 Å². The Morgan fingerprint density at radius 3 is 2.60 bits per heavy atom. The topological polar surface area (TPSA) is 79.4 Å². The number of para-hydroxylation sites is 1. The summed E-state index contributed by atoms with van der Waals surface area (Å²) in [7, 11) is 0. The maximum Gasteiger partial charge on any atom is 0.441 e. The molecule has 1 amide bonds. The average Bonchev–Trinajstić information content (AvgIpc) is 2.90. The first-order valence-electron chi connectivity index (χ1n) is 6.33. The SMILES string of the molecule is O=C(c1c(=O)o[nH][n+]1-c1ccccc1)N1CCOCC1. The molecule has 104 valence electrons. The van der Waals surface area contributed by atoms with Gasteiger partial charge in [0.05, 0.1) is 13.2 Å². The lowest BCUT2D eigenvalue weighted by atomic mass is 10.3. The molecule has 0 radical (unpaired) electrons. The van der Waals surface area contributed by atoms with Crippen LogP contribution in [0, 0.1) is 0 Å². The second-order valence-corrected chi connectivity index (χ2v) is 4.40. The zero-order valence-electron chi connectivity index (χ0n) is 10.7. The van der Waals surface area contributed by atoms with Crippen LogP contribution in [0.5, 0.6) is 0 Å². The number of carbonyl (C=O) groups excluding carboxylic acids is 1. The number of nitrogens with one attached hydrogen (secondary N) is 1. The number of H-pyrrole nitrogens is 1. The van der Waals surface area contributed by atoms with Gasteiger partial charge in [-0.1, -0.05) is 18.2 Å². The second-order valence-electron chi connectivity index (χ2n) is 4.40. The minimum absolute atomic E-state index is 0.0295. The Morgan fingerprint density at radius 1 is 1.20 bits per heavy atom. The third-order valence-corrected chi connectivity index (χ3v) is 3.16. The van der Waals surface area contributed by atoms with E-state index < -0.39 is 5.63 Å². The first kappa shape index (κ1) is 12.6. The lowest BCUT2D eigenvalue weighted by Gasteiger charge is -2.24. The summed E-state index contributed by atoms with van der Waals surface area (Å²) in [6.07, 6.45) is 0. The summed E-state index contributed by atoms with van der Waals surface area (Å²) in [5.74, 6) is -0.354. The van der Waals surface area contributed by atoms with Crippen LogP contribution in [-0.2, 0) is 4.74 Å². The van der Waals surface area contributed by atoms with E-state index in [9.17, 15) is 9.59 Å². The molecule has 0 spiro atoms. The number of benzene rings is 1. The normalized spacial score (nSPS) is 15.3. The Bertz CT molecular complexity index is 656. The minimum Gasteiger partial charge on any atom is -0.378 e. The molecule has 0 saturated carbocycles. The van der Waals surface area contributed by atoms with E-state index in [-0.39, 0.29) is 11.6 Å². The molecular formula is C13H14N3O4+. The van der Waals surface area contributed by atoms with Crippen LogP contribution in [-0.4, -0.2) is 42.4 Å². The van der Waals surface area contributed by atoms with Crippen LogP contribution in [0.3, 0.4) is 0 Å². The molecule has 1 aliphatic rings. The zero-order chi connectivity index (χ0) is 13.9. The number of nitrogens with zero attached hydrogens (tertiary/aromatic N) is 2. The summed E-state index contributed by atoms with van der Waals surface area (Å²) in [6, 6.07) is 9.04. The lowest BCUT2D eigenvalue weighted by molar-refractivity contribution is -0.672. The highest BCUT2D eigenvalue weighted by Gasteiger charge is 2.34. The van der Waals surface area contributed by atoms with Crippen molar-refractivity contribution in [1.29, 1.82) is 0 Å². The summed E-state index contributed by atoms with van der Waals surface area (Å²) < 4.78 is 11.3. The minimum atomic E-state index is -0.676. The molecule has 1 N–H and O–H groups in total. The molecule has 2 heterocycles. The number of hydrogen-bond acceptors (Lipinski definition) is 4. The van der Waals surface area contributed by atoms with Gasteiger partial charge < -0.3 is 9.64 Å². The number of ether oxygens (including phenoxy) is 1. The van der Waals surface area contributed by atoms with E-state index in [4.69, 9.17) is 9.26 Å². The Balaban J connectivity index is 1.99. The molecular weight excluding hydrogens is 262 g/mol. The fraction of sp³-hybridized carbons (Fsp3) is 0.308. The highest BCUT2D eigenvalue weighted by Crippen LogP contribution is 2.03. The highest BCUT2D eigenvalue weighted by molar-refractivity contribution is 5.90. The molecule has 1 aromatic heterocycles. The Labute approximate surface area is 114 Å². The number of carbonyl (C=O) groups is 1. The van der Waals surface area contributed by atoms with E-state index in [1.165, 1.54) is 4.68 Å². The van der Waals surface area contributed by atoms with E-state index in [1.54, 1.807) is 17.0 Å². The van der Waals surface area contributed by atoms with Crippen LogP contribution in [0.4, 0.5) is 0 Å². The standard InChI is InChI=1S/C13H13N3O4/c17-12(15-6-8-19-9-7-15)11-13(18)20-14-16(11)10-4-2-1-3-5-10/h1-5H,6-9H2/p+1. The Morgan fingerprint density at radius 2 is 1.90 bits per heavy atom. The van der Waals surface area contributed by atoms with E-state index in [2.05, 4.69) is 5.27 Å². The van der Waals surface area contributed by atoms with Crippen molar-refractivity contribution in [2.24, 2.45) is 0 Å². The van der Waals surface area contributed by atoms with Gasteiger partial charge in [0.15, 0.2) is 0 Å². The van der Waals surface area contributed by atoms with E-state index in [0.717, 1.165) is 0 Å². The molecule has 3 rings (SSSR count). The van der Waals surface area contributed by atoms with Crippen LogP contribution < -0.4 is 10.3 Å². The monoisotopic (exact) mass is 276 g/mol. The third kappa shape index (κ3) is 2.23. The van der Waals surface area contributed by atoms with Crippen molar-refractivity contribution in [1.82, 2.24) is 10.2 Å². The summed E-state index contributed by atoms with van der Waals surface area (Å²) in [5.41, 5.74) is -0.0431. The molecule has 1 aromatic carbocycles. The van der Waals surface area contributed by atoms with Gasteiger partial charge in [0.25, 0.3) is 0 Å². The quantitative estimate of drug-likeness (QED) is 0.765. The molecule has 1 fully saturated rings. The highest BCUT2D eigenvalue weighted by atomic mass is 16.5. The maximum absolute atomic E-state index is 12.4. The number of hydrogen-bond donors (Lipinski definition) is 1.